The van der Waals surface area contributed by atoms with Gasteiger partial charge in [-0.2, -0.15) is 5.26 Å². The molecular formula is C17H31N3. The second-order valence-electron chi connectivity index (χ2n) is 6.96. The number of hydrogen-bond acceptors (Lipinski definition) is 3. The molecule has 0 spiro atoms. The van der Waals surface area contributed by atoms with Gasteiger partial charge in [0.2, 0.25) is 0 Å². The predicted octanol–water partition coefficient (Wildman–Crippen LogP) is 3.31. The summed E-state index contributed by atoms with van der Waals surface area (Å²) in [6.07, 6.45) is 8.28. The van der Waals surface area contributed by atoms with Crippen LogP contribution < -0.4 is 5.32 Å². The summed E-state index contributed by atoms with van der Waals surface area (Å²) in [4.78, 5) is 2.62. The Morgan fingerprint density at radius 1 is 1.35 bits per heavy atom. The molecule has 114 valence electrons. The zero-order chi connectivity index (χ0) is 14.6. The van der Waals surface area contributed by atoms with Gasteiger partial charge in [0.15, 0.2) is 0 Å². The van der Waals surface area contributed by atoms with E-state index in [2.05, 4.69) is 37.1 Å². The SMILES string of the molecule is CCC(C)CN(CC)C1CCCC(C#N)(NC2CC2)C1. The van der Waals surface area contributed by atoms with Gasteiger partial charge in [-0.1, -0.05) is 27.2 Å². The average molecular weight is 277 g/mol. The summed E-state index contributed by atoms with van der Waals surface area (Å²) in [5, 5.41) is 13.3. The van der Waals surface area contributed by atoms with Crippen LogP contribution in [0.15, 0.2) is 0 Å². The molecule has 0 aromatic rings. The van der Waals surface area contributed by atoms with Crippen molar-refractivity contribution in [1.82, 2.24) is 10.2 Å². The van der Waals surface area contributed by atoms with Gasteiger partial charge in [-0.3, -0.25) is 5.32 Å². The van der Waals surface area contributed by atoms with Gasteiger partial charge in [0, 0.05) is 18.6 Å². The molecule has 0 radical (unpaired) electrons. The standard InChI is InChI=1S/C17H31N3/c1-4-14(3)12-20(5-2)16-7-6-10-17(11-16,13-18)19-15-8-9-15/h14-16,19H,4-12H2,1-3H3. The second-order valence-corrected chi connectivity index (χ2v) is 6.96. The Hall–Kier alpha value is -0.590. The van der Waals surface area contributed by atoms with Crippen LogP contribution >= 0.6 is 0 Å². The first-order valence-corrected chi connectivity index (χ1v) is 8.55. The molecule has 0 amide bonds. The van der Waals surface area contributed by atoms with Crippen molar-refractivity contribution < 1.29 is 0 Å². The lowest BCUT2D eigenvalue weighted by molar-refractivity contribution is 0.109. The molecule has 20 heavy (non-hydrogen) atoms. The first-order chi connectivity index (χ1) is 9.62. The van der Waals surface area contributed by atoms with Crippen molar-refractivity contribution in [3.8, 4) is 6.07 Å². The Balaban J connectivity index is 1.98. The van der Waals surface area contributed by atoms with Gasteiger partial charge in [-0.05, 0) is 51.0 Å². The fourth-order valence-corrected chi connectivity index (χ4v) is 3.51. The highest BCUT2D eigenvalue weighted by Crippen LogP contribution is 2.34. The van der Waals surface area contributed by atoms with Crippen LogP contribution in [0.3, 0.4) is 0 Å². The minimum absolute atomic E-state index is 0.243. The summed E-state index contributed by atoms with van der Waals surface area (Å²) in [5.74, 6) is 0.754. The van der Waals surface area contributed by atoms with Crippen LogP contribution in [0.1, 0.15) is 65.7 Å². The third kappa shape index (κ3) is 3.96. The van der Waals surface area contributed by atoms with E-state index in [1.54, 1.807) is 0 Å². The zero-order valence-corrected chi connectivity index (χ0v) is 13.5. The number of rotatable bonds is 7. The molecule has 3 atom stereocenters. The third-order valence-electron chi connectivity index (χ3n) is 5.16. The fourth-order valence-electron chi connectivity index (χ4n) is 3.51. The summed E-state index contributed by atoms with van der Waals surface area (Å²) in [6, 6.07) is 3.84. The van der Waals surface area contributed by atoms with Crippen LogP contribution in [-0.2, 0) is 0 Å². The van der Waals surface area contributed by atoms with Crippen LogP contribution in [0.5, 0.6) is 0 Å². The van der Waals surface area contributed by atoms with E-state index >= 15 is 0 Å². The lowest BCUT2D eigenvalue weighted by Crippen LogP contribution is -2.54. The molecule has 3 heteroatoms. The van der Waals surface area contributed by atoms with Crippen molar-refractivity contribution in [3.05, 3.63) is 0 Å². The highest BCUT2D eigenvalue weighted by atomic mass is 15.2. The molecule has 3 nitrogen and oxygen atoms in total. The van der Waals surface area contributed by atoms with Crippen LogP contribution in [0.25, 0.3) is 0 Å². The van der Waals surface area contributed by atoms with Gasteiger partial charge in [0.25, 0.3) is 0 Å². The number of nitriles is 1. The monoisotopic (exact) mass is 277 g/mol. The molecule has 2 saturated carbocycles. The summed E-state index contributed by atoms with van der Waals surface area (Å²) < 4.78 is 0. The van der Waals surface area contributed by atoms with E-state index in [1.165, 1.54) is 38.6 Å². The fraction of sp³-hybridized carbons (Fsp3) is 0.941. The van der Waals surface area contributed by atoms with Gasteiger partial charge in [0.1, 0.15) is 5.54 Å². The maximum Gasteiger partial charge on any atom is 0.108 e. The Bertz CT molecular complexity index is 345. The summed E-state index contributed by atoms with van der Waals surface area (Å²) >= 11 is 0. The number of hydrogen-bond donors (Lipinski definition) is 1. The molecule has 0 aromatic carbocycles. The zero-order valence-electron chi connectivity index (χ0n) is 13.5. The van der Waals surface area contributed by atoms with Crippen molar-refractivity contribution in [2.45, 2.75) is 83.3 Å². The van der Waals surface area contributed by atoms with E-state index in [9.17, 15) is 5.26 Å². The maximum atomic E-state index is 9.69. The molecule has 0 bridgehead atoms. The van der Waals surface area contributed by atoms with Gasteiger partial charge in [-0.15, -0.1) is 0 Å². The van der Waals surface area contributed by atoms with Crippen molar-refractivity contribution in [2.24, 2.45) is 5.92 Å². The van der Waals surface area contributed by atoms with Gasteiger partial charge in [0.05, 0.1) is 6.07 Å². The summed E-state index contributed by atoms with van der Waals surface area (Å²) in [6.45, 7) is 9.17. The van der Waals surface area contributed by atoms with E-state index in [1.807, 2.05) is 0 Å². The lowest BCUT2D eigenvalue weighted by Gasteiger charge is -2.42. The lowest BCUT2D eigenvalue weighted by atomic mass is 9.79. The second kappa shape index (κ2) is 6.91. The molecule has 0 saturated heterocycles. The Morgan fingerprint density at radius 3 is 2.65 bits per heavy atom. The van der Waals surface area contributed by atoms with Crippen LogP contribution in [0.4, 0.5) is 0 Å². The van der Waals surface area contributed by atoms with Crippen molar-refractivity contribution in [1.29, 1.82) is 5.26 Å². The minimum atomic E-state index is -0.243. The molecule has 2 aliphatic rings. The number of nitrogens with zero attached hydrogens (tertiary/aromatic N) is 2. The molecule has 0 aromatic heterocycles. The summed E-state index contributed by atoms with van der Waals surface area (Å²) in [5.41, 5.74) is -0.243. The molecule has 1 N–H and O–H groups in total. The Morgan fingerprint density at radius 2 is 2.10 bits per heavy atom. The van der Waals surface area contributed by atoms with E-state index in [0.29, 0.717) is 12.1 Å². The van der Waals surface area contributed by atoms with E-state index in [-0.39, 0.29) is 5.54 Å². The van der Waals surface area contributed by atoms with Gasteiger partial charge >= 0.3 is 0 Å². The maximum absolute atomic E-state index is 9.69. The Labute approximate surface area is 124 Å². The minimum Gasteiger partial charge on any atom is -0.300 e. The largest absolute Gasteiger partial charge is 0.300 e. The van der Waals surface area contributed by atoms with Crippen LogP contribution in [0.2, 0.25) is 0 Å². The smallest absolute Gasteiger partial charge is 0.108 e. The quantitative estimate of drug-likeness (QED) is 0.776. The molecule has 0 aliphatic heterocycles. The first kappa shape index (κ1) is 15.8. The Kier molecular flexibility index (Phi) is 5.46. The highest BCUT2D eigenvalue weighted by Gasteiger charge is 2.41. The average Bonchev–Trinajstić information content (AvgIpc) is 3.28. The van der Waals surface area contributed by atoms with Crippen molar-refractivity contribution in [3.63, 3.8) is 0 Å². The normalized spacial score (nSPS) is 32.0. The van der Waals surface area contributed by atoms with E-state index < -0.39 is 0 Å². The molecule has 2 rings (SSSR count). The number of nitrogens with one attached hydrogen (secondary N) is 1. The van der Waals surface area contributed by atoms with Crippen molar-refractivity contribution in [2.75, 3.05) is 13.1 Å². The van der Waals surface area contributed by atoms with Crippen LogP contribution in [0, 0.1) is 17.2 Å². The van der Waals surface area contributed by atoms with Gasteiger partial charge < -0.3 is 4.90 Å². The first-order valence-electron chi connectivity index (χ1n) is 8.55. The van der Waals surface area contributed by atoms with E-state index in [4.69, 9.17) is 0 Å². The molecule has 2 fully saturated rings. The molecule has 0 heterocycles. The van der Waals surface area contributed by atoms with Gasteiger partial charge in [-0.25, -0.2) is 0 Å². The summed E-state index contributed by atoms with van der Waals surface area (Å²) in [7, 11) is 0. The molecule has 2 aliphatic carbocycles. The molecule has 3 unspecified atom stereocenters. The van der Waals surface area contributed by atoms with Crippen LogP contribution in [-0.4, -0.2) is 35.6 Å². The predicted molar refractivity (Wildman–Crippen MR) is 83.5 cm³/mol. The third-order valence-corrected chi connectivity index (χ3v) is 5.16. The molecular weight excluding hydrogens is 246 g/mol. The van der Waals surface area contributed by atoms with E-state index in [0.717, 1.165) is 25.3 Å². The topological polar surface area (TPSA) is 39.1 Å². The van der Waals surface area contributed by atoms with Crippen molar-refractivity contribution >= 4 is 0 Å². The highest BCUT2D eigenvalue weighted by molar-refractivity contribution is 5.13.